The van der Waals surface area contributed by atoms with Gasteiger partial charge in [0.15, 0.2) is 6.61 Å². The van der Waals surface area contributed by atoms with E-state index in [4.69, 9.17) is 20.9 Å². The van der Waals surface area contributed by atoms with Crippen molar-refractivity contribution < 1.29 is 22.5 Å². The van der Waals surface area contributed by atoms with Crippen LogP contribution in [0.4, 0.5) is 0 Å². The Balaban J connectivity index is 1.39. The van der Waals surface area contributed by atoms with Crippen LogP contribution in [0.2, 0.25) is 5.02 Å². The van der Waals surface area contributed by atoms with Gasteiger partial charge in [0.2, 0.25) is 10.0 Å². The summed E-state index contributed by atoms with van der Waals surface area (Å²) in [7, 11) is -0.800. The second-order valence-electron chi connectivity index (χ2n) is 8.20. The van der Waals surface area contributed by atoms with Crippen LogP contribution in [0, 0.1) is 0 Å². The molecular weight excluding hydrogens is 508 g/mol. The lowest BCUT2D eigenvalue weighted by atomic mass is 10.0. The van der Waals surface area contributed by atoms with Gasteiger partial charge in [-0.05, 0) is 53.2 Å². The number of carbonyl (C=O) groups excluding carboxylic acids is 1. The van der Waals surface area contributed by atoms with Gasteiger partial charge in [-0.15, -0.1) is 5.10 Å². The lowest BCUT2D eigenvalue weighted by Crippen LogP contribution is -2.33. The molecule has 1 aliphatic heterocycles. The van der Waals surface area contributed by atoms with Gasteiger partial charge in [-0.25, -0.2) is 17.7 Å². The number of nitrogens with zero attached hydrogens (tertiary/aromatic N) is 6. The summed E-state index contributed by atoms with van der Waals surface area (Å²) < 4.78 is 31.7. The molecule has 186 valence electrons. The topological polar surface area (TPSA) is 123 Å². The van der Waals surface area contributed by atoms with Crippen LogP contribution in [0.1, 0.15) is 23.8 Å². The summed E-state index contributed by atoms with van der Waals surface area (Å²) in [5, 5.41) is 14.3. The lowest BCUT2D eigenvalue weighted by molar-refractivity contribution is -0.139. The van der Waals surface area contributed by atoms with Crippen molar-refractivity contribution in [2.75, 3.05) is 20.7 Å². The molecule has 0 radical (unpaired) electrons. The van der Waals surface area contributed by atoms with E-state index in [9.17, 15) is 13.2 Å². The molecule has 5 rings (SSSR count). The van der Waals surface area contributed by atoms with Crippen molar-refractivity contribution in [2.24, 2.45) is 5.10 Å². The second kappa shape index (κ2) is 9.37. The number of amides is 1. The smallest absolute Gasteiger partial charge is 0.284 e. The molecule has 13 heteroatoms. The number of hydrogen-bond acceptors (Lipinski definition) is 8. The van der Waals surface area contributed by atoms with Gasteiger partial charge < -0.3 is 9.25 Å². The SMILES string of the molecule is CN(C)S(=O)(=O)c1ccc2nnn(OCC(=O)N3N=C(c4ccc(Cl)cc4)C[C@@H]3c3ccco3)c2c1. The number of carbonyl (C=O) groups is 1. The predicted molar refractivity (Wildman–Crippen MR) is 131 cm³/mol. The van der Waals surface area contributed by atoms with Crippen LogP contribution >= 0.6 is 11.6 Å². The minimum atomic E-state index is -3.68. The maximum atomic E-state index is 13.2. The lowest BCUT2D eigenvalue weighted by Gasteiger charge is -2.19. The van der Waals surface area contributed by atoms with Crippen molar-refractivity contribution >= 4 is 44.3 Å². The molecule has 3 heterocycles. The largest absolute Gasteiger partial charge is 0.467 e. The van der Waals surface area contributed by atoms with E-state index in [1.165, 1.54) is 43.6 Å². The zero-order valence-electron chi connectivity index (χ0n) is 19.3. The molecule has 1 aliphatic rings. The van der Waals surface area contributed by atoms with Gasteiger partial charge >= 0.3 is 0 Å². The highest BCUT2D eigenvalue weighted by molar-refractivity contribution is 7.89. The fourth-order valence-electron chi connectivity index (χ4n) is 3.79. The van der Waals surface area contributed by atoms with Gasteiger partial charge in [0, 0.05) is 25.5 Å². The molecule has 2 aromatic heterocycles. The van der Waals surface area contributed by atoms with E-state index in [2.05, 4.69) is 15.4 Å². The van der Waals surface area contributed by atoms with E-state index in [0.717, 1.165) is 14.7 Å². The van der Waals surface area contributed by atoms with Gasteiger partial charge in [0.05, 0.1) is 16.9 Å². The van der Waals surface area contributed by atoms with Crippen molar-refractivity contribution in [3.05, 3.63) is 77.2 Å². The highest BCUT2D eigenvalue weighted by atomic mass is 35.5. The molecule has 0 saturated carbocycles. The van der Waals surface area contributed by atoms with E-state index >= 15 is 0 Å². The summed E-state index contributed by atoms with van der Waals surface area (Å²) >= 11 is 6.00. The summed E-state index contributed by atoms with van der Waals surface area (Å²) in [6.45, 7) is -0.419. The predicted octanol–water partition coefficient (Wildman–Crippen LogP) is 2.73. The van der Waals surface area contributed by atoms with Gasteiger partial charge in [0.25, 0.3) is 5.91 Å². The number of aromatic nitrogens is 3. The summed E-state index contributed by atoms with van der Waals surface area (Å²) in [6, 6.07) is 14.6. The van der Waals surface area contributed by atoms with Crippen molar-refractivity contribution in [3.8, 4) is 0 Å². The first kappa shape index (κ1) is 24.0. The average molecular weight is 529 g/mol. The minimum absolute atomic E-state index is 0.0492. The Bertz CT molecular complexity index is 1550. The third-order valence-corrected chi connectivity index (χ3v) is 7.75. The Morgan fingerprint density at radius 2 is 1.97 bits per heavy atom. The van der Waals surface area contributed by atoms with Crippen molar-refractivity contribution in [2.45, 2.75) is 17.4 Å². The van der Waals surface area contributed by atoms with Crippen LogP contribution in [0.3, 0.4) is 0 Å². The number of rotatable bonds is 7. The third kappa shape index (κ3) is 4.45. The van der Waals surface area contributed by atoms with Gasteiger partial charge in [-0.2, -0.15) is 5.10 Å². The van der Waals surface area contributed by atoms with E-state index in [1.807, 2.05) is 12.1 Å². The molecule has 1 amide bonds. The fraction of sp³-hybridized carbons (Fsp3) is 0.217. The number of hydrazone groups is 1. The summed E-state index contributed by atoms with van der Waals surface area (Å²) in [5.41, 5.74) is 2.26. The molecule has 0 aliphatic carbocycles. The number of furan rings is 1. The van der Waals surface area contributed by atoms with E-state index in [1.54, 1.807) is 24.3 Å². The number of halogens is 1. The molecule has 0 unspecified atom stereocenters. The van der Waals surface area contributed by atoms with Crippen LogP contribution in [-0.2, 0) is 14.8 Å². The maximum absolute atomic E-state index is 13.2. The summed E-state index contributed by atoms with van der Waals surface area (Å²) in [6.07, 6.45) is 1.98. The number of benzene rings is 2. The van der Waals surface area contributed by atoms with E-state index < -0.39 is 28.6 Å². The van der Waals surface area contributed by atoms with Crippen LogP contribution in [0.15, 0.2) is 75.3 Å². The molecule has 36 heavy (non-hydrogen) atoms. The standard InChI is InChI=1S/C23H21ClN6O5S/c1-28(2)36(32,33)17-9-10-18-20(12-17)30(27-25-18)35-14-23(31)29-21(22-4-3-11-34-22)13-19(26-29)15-5-7-16(24)8-6-15/h3-12,21H,13-14H2,1-2H3/t21-/m1/s1. The molecule has 4 aromatic rings. The summed E-state index contributed by atoms with van der Waals surface area (Å²) in [4.78, 5) is 19.9. The first-order valence-corrected chi connectivity index (χ1v) is 12.7. The van der Waals surface area contributed by atoms with Crippen molar-refractivity contribution in [1.29, 1.82) is 0 Å². The number of fused-ring (bicyclic) bond motifs is 1. The van der Waals surface area contributed by atoms with E-state index in [0.29, 0.717) is 33.9 Å². The highest BCUT2D eigenvalue weighted by Gasteiger charge is 2.35. The number of sulfonamides is 1. The minimum Gasteiger partial charge on any atom is -0.467 e. The van der Waals surface area contributed by atoms with Gasteiger partial charge in [0.1, 0.15) is 22.8 Å². The average Bonchev–Trinajstić information content (AvgIpc) is 3.62. The maximum Gasteiger partial charge on any atom is 0.284 e. The molecule has 11 nitrogen and oxygen atoms in total. The Hall–Kier alpha value is -3.74. The second-order valence-corrected chi connectivity index (χ2v) is 10.8. The van der Waals surface area contributed by atoms with Gasteiger partial charge in [-0.1, -0.05) is 28.6 Å². The molecule has 0 spiro atoms. The Morgan fingerprint density at radius 1 is 1.19 bits per heavy atom. The fourth-order valence-corrected chi connectivity index (χ4v) is 4.83. The molecular formula is C23H21ClN6O5S. The van der Waals surface area contributed by atoms with Crippen LogP contribution in [-0.4, -0.2) is 65.2 Å². The van der Waals surface area contributed by atoms with E-state index in [-0.39, 0.29) is 4.90 Å². The Labute approximate surface area is 211 Å². The molecule has 1 atom stereocenters. The Morgan fingerprint density at radius 3 is 2.67 bits per heavy atom. The first-order valence-electron chi connectivity index (χ1n) is 10.8. The van der Waals surface area contributed by atoms with Crippen molar-refractivity contribution in [3.63, 3.8) is 0 Å². The van der Waals surface area contributed by atoms with Crippen LogP contribution in [0.5, 0.6) is 0 Å². The quantitative estimate of drug-likeness (QED) is 0.361. The molecule has 0 bridgehead atoms. The zero-order chi connectivity index (χ0) is 25.4. The molecule has 0 fully saturated rings. The third-order valence-electron chi connectivity index (χ3n) is 5.69. The number of hydrogen-bond donors (Lipinski definition) is 0. The molecule has 0 saturated heterocycles. The first-order chi connectivity index (χ1) is 17.2. The van der Waals surface area contributed by atoms with Gasteiger partial charge in [-0.3, -0.25) is 4.79 Å². The van der Waals surface area contributed by atoms with Crippen LogP contribution in [0.25, 0.3) is 11.0 Å². The van der Waals surface area contributed by atoms with Crippen molar-refractivity contribution in [1.82, 2.24) is 24.5 Å². The van der Waals surface area contributed by atoms with Crippen LogP contribution < -0.4 is 4.84 Å². The zero-order valence-corrected chi connectivity index (χ0v) is 20.8. The summed E-state index contributed by atoms with van der Waals surface area (Å²) in [5.74, 6) is 0.141. The molecule has 0 N–H and O–H groups in total. The molecule has 2 aromatic carbocycles. The highest BCUT2D eigenvalue weighted by Crippen LogP contribution is 2.33. The Kier molecular flexibility index (Phi) is 6.24. The monoisotopic (exact) mass is 528 g/mol. The normalized spacial score (nSPS) is 16.1.